The number of nitrogens with two attached hydrogens (primary N) is 1. The molecular weight excluding hydrogens is 227 g/mol. The first-order chi connectivity index (χ1) is 8.01. The summed E-state index contributed by atoms with van der Waals surface area (Å²) in [6.45, 7) is -0.457. The number of likely N-dealkylation sites (N-methyl/N-ethyl adjacent to an activating group) is 1. The van der Waals surface area contributed by atoms with Crippen LogP contribution in [0, 0.1) is 5.82 Å². The summed E-state index contributed by atoms with van der Waals surface area (Å²) in [6.07, 6.45) is 0. The molecule has 0 aliphatic rings. The van der Waals surface area contributed by atoms with Gasteiger partial charge in [0.1, 0.15) is 6.04 Å². The highest BCUT2D eigenvalue weighted by molar-refractivity contribution is 5.96. The quantitative estimate of drug-likeness (QED) is 0.786. The van der Waals surface area contributed by atoms with Crippen molar-refractivity contribution < 1.29 is 19.0 Å². The Morgan fingerprint density at radius 3 is 2.76 bits per heavy atom. The number of methoxy groups -OCH3 is 1. The molecule has 0 radical (unpaired) electrons. The lowest BCUT2D eigenvalue weighted by atomic mass is 10.2. The van der Waals surface area contributed by atoms with Crippen molar-refractivity contribution in [2.45, 2.75) is 6.04 Å². The van der Waals surface area contributed by atoms with E-state index in [0.29, 0.717) is 5.69 Å². The molecule has 0 heterocycles. The van der Waals surface area contributed by atoms with Gasteiger partial charge >= 0.3 is 0 Å². The zero-order valence-corrected chi connectivity index (χ0v) is 9.68. The van der Waals surface area contributed by atoms with E-state index in [1.165, 1.54) is 37.3 Å². The number of aliphatic hydroxyl groups excluding tert-OH is 1. The molecule has 1 unspecified atom stereocenters. The predicted octanol–water partition coefficient (Wildman–Crippen LogP) is 0.117. The van der Waals surface area contributed by atoms with Crippen LogP contribution in [0.5, 0.6) is 5.75 Å². The van der Waals surface area contributed by atoms with Gasteiger partial charge in [-0.3, -0.25) is 4.79 Å². The highest BCUT2D eigenvalue weighted by atomic mass is 19.1. The standard InChI is InChI=1S/C11H15FN2O3/c1-14(11(16)9(13)6-15)7-3-4-10(17-2)8(12)5-7/h3-5,9,15H,6,13H2,1-2H3. The van der Waals surface area contributed by atoms with Crippen LogP contribution in [0.25, 0.3) is 0 Å². The number of amides is 1. The number of rotatable bonds is 4. The lowest BCUT2D eigenvalue weighted by Gasteiger charge is -2.20. The van der Waals surface area contributed by atoms with Gasteiger partial charge in [-0.1, -0.05) is 0 Å². The van der Waals surface area contributed by atoms with E-state index >= 15 is 0 Å². The Balaban J connectivity index is 2.93. The highest BCUT2D eigenvalue weighted by Crippen LogP contribution is 2.22. The van der Waals surface area contributed by atoms with Crippen LogP contribution in [0.15, 0.2) is 18.2 Å². The molecule has 0 fully saturated rings. The Labute approximate surface area is 98.6 Å². The molecule has 1 aromatic rings. The first kappa shape index (κ1) is 13.4. The fourth-order valence-electron chi connectivity index (χ4n) is 1.32. The van der Waals surface area contributed by atoms with Crippen molar-refractivity contribution in [3.63, 3.8) is 0 Å². The van der Waals surface area contributed by atoms with Gasteiger partial charge in [0, 0.05) is 18.8 Å². The van der Waals surface area contributed by atoms with E-state index in [-0.39, 0.29) is 5.75 Å². The number of hydrogen-bond acceptors (Lipinski definition) is 4. The zero-order valence-electron chi connectivity index (χ0n) is 9.68. The Kier molecular flexibility index (Phi) is 4.42. The van der Waals surface area contributed by atoms with E-state index < -0.39 is 24.4 Å². The maximum atomic E-state index is 13.4. The topological polar surface area (TPSA) is 75.8 Å². The molecular formula is C11H15FN2O3. The average Bonchev–Trinajstić information content (AvgIpc) is 2.35. The number of anilines is 1. The maximum absolute atomic E-state index is 13.4. The predicted molar refractivity (Wildman–Crippen MR) is 61.4 cm³/mol. The molecule has 5 nitrogen and oxygen atoms in total. The Morgan fingerprint density at radius 2 is 2.29 bits per heavy atom. The van der Waals surface area contributed by atoms with Gasteiger partial charge in [0.05, 0.1) is 13.7 Å². The summed E-state index contributed by atoms with van der Waals surface area (Å²) >= 11 is 0. The largest absolute Gasteiger partial charge is 0.494 e. The molecule has 1 aromatic carbocycles. The third-order valence-corrected chi connectivity index (χ3v) is 2.37. The number of halogens is 1. The molecule has 1 amide bonds. The number of benzene rings is 1. The second kappa shape index (κ2) is 5.60. The van der Waals surface area contributed by atoms with E-state index in [1.807, 2.05) is 0 Å². The summed E-state index contributed by atoms with van der Waals surface area (Å²) in [5.74, 6) is -0.958. The number of carbonyl (C=O) groups excluding carboxylic acids is 1. The van der Waals surface area contributed by atoms with Gasteiger partial charge in [0.2, 0.25) is 5.91 Å². The molecule has 0 saturated carbocycles. The minimum atomic E-state index is -1.01. The minimum absolute atomic E-state index is 0.0982. The summed E-state index contributed by atoms with van der Waals surface area (Å²) in [4.78, 5) is 12.8. The molecule has 1 rings (SSSR count). The summed E-state index contributed by atoms with van der Waals surface area (Å²) in [5.41, 5.74) is 5.73. The average molecular weight is 242 g/mol. The van der Waals surface area contributed by atoms with Crippen LogP contribution < -0.4 is 15.4 Å². The molecule has 1 atom stereocenters. The van der Waals surface area contributed by atoms with Crippen LogP contribution in [0.4, 0.5) is 10.1 Å². The van der Waals surface area contributed by atoms with E-state index in [9.17, 15) is 9.18 Å². The van der Waals surface area contributed by atoms with E-state index in [0.717, 1.165) is 0 Å². The number of ether oxygens (including phenoxy) is 1. The van der Waals surface area contributed by atoms with Crippen LogP contribution in [-0.4, -0.2) is 37.8 Å². The Hall–Kier alpha value is -1.66. The number of nitrogens with zero attached hydrogens (tertiary/aromatic N) is 1. The molecule has 6 heteroatoms. The molecule has 17 heavy (non-hydrogen) atoms. The van der Waals surface area contributed by atoms with Gasteiger partial charge < -0.3 is 20.5 Å². The van der Waals surface area contributed by atoms with Crippen molar-refractivity contribution in [1.82, 2.24) is 0 Å². The van der Waals surface area contributed by atoms with Crippen LogP contribution in [0.1, 0.15) is 0 Å². The molecule has 0 saturated heterocycles. The number of hydrogen-bond donors (Lipinski definition) is 2. The third-order valence-electron chi connectivity index (χ3n) is 2.37. The van der Waals surface area contributed by atoms with E-state index in [1.54, 1.807) is 0 Å². The van der Waals surface area contributed by atoms with E-state index in [2.05, 4.69) is 0 Å². The normalized spacial score (nSPS) is 12.1. The fraction of sp³-hybridized carbons (Fsp3) is 0.364. The van der Waals surface area contributed by atoms with Gasteiger partial charge in [-0.2, -0.15) is 0 Å². The van der Waals surface area contributed by atoms with Crippen molar-refractivity contribution in [2.24, 2.45) is 5.73 Å². The monoisotopic (exact) mass is 242 g/mol. The second-order valence-electron chi connectivity index (χ2n) is 3.51. The first-order valence-corrected chi connectivity index (χ1v) is 4.98. The molecule has 3 N–H and O–H groups in total. The minimum Gasteiger partial charge on any atom is -0.494 e. The smallest absolute Gasteiger partial charge is 0.246 e. The van der Waals surface area contributed by atoms with Crippen molar-refractivity contribution in [2.75, 3.05) is 25.7 Å². The molecule has 0 aliphatic carbocycles. The number of aliphatic hydroxyl groups is 1. The number of carbonyl (C=O) groups is 1. The molecule has 0 bridgehead atoms. The lowest BCUT2D eigenvalue weighted by molar-refractivity contribution is -0.120. The summed E-state index contributed by atoms with van der Waals surface area (Å²) in [6, 6.07) is 3.11. The van der Waals surface area contributed by atoms with Crippen molar-refractivity contribution in [3.8, 4) is 5.75 Å². The van der Waals surface area contributed by atoms with Crippen LogP contribution in [-0.2, 0) is 4.79 Å². The van der Waals surface area contributed by atoms with Crippen LogP contribution >= 0.6 is 0 Å². The Bertz CT molecular complexity index is 412. The van der Waals surface area contributed by atoms with Crippen molar-refractivity contribution >= 4 is 11.6 Å². The second-order valence-corrected chi connectivity index (χ2v) is 3.51. The maximum Gasteiger partial charge on any atom is 0.246 e. The molecule has 0 aliphatic heterocycles. The van der Waals surface area contributed by atoms with E-state index in [4.69, 9.17) is 15.6 Å². The van der Waals surface area contributed by atoms with Crippen LogP contribution in [0.2, 0.25) is 0 Å². The van der Waals surface area contributed by atoms with Gasteiger partial charge in [0.25, 0.3) is 0 Å². The lowest BCUT2D eigenvalue weighted by Crippen LogP contribution is -2.44. The molecule has 0 aromatic heterocycles. The van der Waals surface area contributed by atoms with Gasteiger partial charge in [0.15, 0.2) is 11.6 Å². The summed E-state index contributed by atoms with van der Waals surface area (Å²) in [7, 11) is 2.81. The third kappa shape index (κ3) is 2.92. The summed E-state index contributed by atoms with van der Waals surface area (Å²) in [5, 5.41) is 8.77. The van der Waals surface area contributed by atoms with Gasteiger partial charge in [-0.15, -0.1) is 0 Å². The highest BCUT2D eigenvalue weighted by Gasteiger charge is 2.19. The molecule has 0 spiro atoms. The molecule has 94 valence electrons. The Morgan fingerprint density at radius 1 is 1.65 bits per heavy atom. The van der Waals surface area contributed by atoms with Gasteiger partial charge in [-0.05, 0) is 12.1 Å². The van der Waals surface area contributed by atoms with Crippen molar-refractivity contribution in [3.05, 3.63) is 24.0 Å². The van der Waals surface area contributed by atoms with Gasteiger partial charge in [-0.25, -0.2) is 4.39 Å². The fourth-order valence-corrected chi connectivity index (χ4v) is 1.32. The van der Waals surface area contributed by atoms with Crippen LogP contribution in [0.3, 0.4) is 0 Å². The SMILES string of the molecule is COc1ccc(N(C)C(=O)C(N)CO)cc1F. The zero-order chi connectivity index (χ0) is 13.0. The van der Waals surface area contributed by atoms with Crippen molar-refractivity contribution in [1.29, 1.82) is 0 Å². The first-order valence-electron chi connectivity index (χ1n) is 4.98. The summed E-state index contributed by atoms with van der Waals surface area (Å²) < 4.78 is 18.2.